The van der Waals surface area contributed by atoms with Gasteiger partial charge in [0.25, 0.3) is 5.24 Å². The van der Waals surface area contributed by atoms with E-state index in [0.29, 0.717) is 24.6 Å². The topological polar surface area (TPSA) is 49.4 Å². The molecule has 1 saturated heterocycles. The number of aryl methyl sites for hydroxylation is 1. The van der Waals surface area contributed by atoms with Crippen LogP contribution in [0, 0.1) is 5.92 Å². The van der Waals surface area contributed by atoms with E-state index in [1.807, 2.05) is 23.1 Å². The maximum Gasteiger partial charge on any atom is 0.285 e. The van der Waals surface area contributed by atoms with E-state index in [1.165, 1.54) is 42.3 Å². The SMILES string of the molecule is O=C(CCSC(=O)N1CCCC2CCCC=C21)NCCCc1ccccc1. The summed E-state index contributed by atoms with van der Waals surface area (Å²) in [5.41, 5.74) is 2.54. The number of carbonyl (C=O) groups excluding carboxylic acids is 2. The minimum absolute atomic E-state index is 0.0387. The van der Waals surface area contributed by atoms with Crippen molar-refractivity contribution in [3.05, 3.63) is 47.7 Å². The Bertz CT molecular complexity index is 660. The third-order valence-electron chi connectivity index (χ3n) is 5.36. The second-order valence-corrected chi connectivity index (χ2v) is 8.40. The number of amides is 2. The predicted octanol–water partition coefficient (Wildman–Crippen LogP) is 4.76. The fourth-order valence-electron chi connectivity index (χ4n) is 3.94. The first kappa shape index (κ1) is 20.0. The average Bonchev–Trinajstić information content (AvgIpc) is 2.71. The number of hydrogen-bond acceptors (Lipinski definition) is 3. The Labute approximate surface area is 166 Å². The van der Waals surface area contributed by atoms with Gasteiger partial charge in [0, 0.05) is 31.0 Å². The summed E-state index contributed by atoms with van der Waals surface area (Å²) in [7, 11) is 0. The van der Waals surface area contributed by atoms with Crippen LogP contribution in [0.2, 0.25) is 0 Å². The molecule has 1 aromatic rings. The zero-order valence-electron chi connectivity index (χ0n) is 16.0. The van der Waals surface area contributed by atoms with Crippen molar-refractivity contribution in [3.8, 4) is 0 Å². The molecule has 27 heavy (non-hydrogen) atoms. The number of benzene rings is 1. The first-order chi connectivity index (χ1) is 13.2. The minimum atomic E-state index is 0.0387. The van der Waals surface area contributed by atoms with Crippen LogP contribution >= 0.6 is 11.8 Å². The molecular formula is C22H30N2O2S. The molecule has 146 valence electrons. The molecule has 2 amide bonds. The van der Waals surface area contributed by atoms with E-state index < -0.39 is 0 Å². The van der Waals surface area contributed by atoms with Gasteiger partial charge >= 0.3 is 0 Å². The van der Waals surface area contributed by atoms with Gasteiger partial charge in [0.15, 0.2) is 0 Å². The van der Waals surface area contributed by atoms with Crippen molar-refractivity contribution in [1.29, 1.82) is 0 Å². The molecule has 0 spiro atoms. The fraction of sp³-hybridized carbons (Fsp3) is 0.545. The Morgan fingerprint density at radius 3 is 2.81 bits per heavy atom. The number of fused-ring (bicyclic) bond motifs is 1. The lowest BCUT2D eigenvalue weighted by atomic mass is 9.85. The average molecular weight is 387 g/mol. The Morgan fingerprint density at radius 2 is 1.96 bits per heavy atom. The van der Waals surface area contributed by atoms with Gasteiger partial charge in [-0.3, -0.25) is 9.59 Å². The molecule has 2 aliphatic rings. The maximum atomic E-state index is 12.6. The molecule has 1 atom stereocenters. The number of allylic oxidation sites excluding steroid dienone is 2. The lowest BCUT2D eigenvalue weighted by molar-refractivity contribution is -0.120. The zero-order chi connectivity index (χ0) is 18.9. The summed E-state index contributed by atoms with van der Waals surface area (Å²) in [5, 5.41) is 3.08. The number of carbonyl (C=O) groups is 2. The summed E-state index contributed by atoms with van der Waals surface area (Å²) in [4.78, 5) is 26.5. The van der Waals surface area contributed by atoms with Crippen LogP contribution in [-0.4, -0.2) is 34.9 Å². The van der Waals surface area contributed by atoms with Crippen LogP contribution in [-0.2, 0) is 11.2 Å². The summed E-state index contributed by atoms with van der Waals surface area (Å²) in [6, 6.07) is 10.3. The molecule has 1 aliphatic carbocycles. The molecule has 1 heterocycles. The van der Waals surface area contributed by atoms with Crippen molar-refractivity contribution >= 4 is 22.9 Å². The van der Waals surface area contributed by atoms with Crippen molar-refractivity contribution in [1.82, 2.24) is 10.2 Å². The first-order valence-corrected chi connectivity index (χ1v) is 11.2. The Morgan fingerprint density at radius 1 is 1.15 bits per heavy atom. The van der Waals surface area contributed by atoms with E-state index in [0.717, 1.165) is 32.2 Å². The minimum Gasteiger partial charge on any atom is -0.356 e. The van der Waals surface area contributed by atoms with Gasteiger partial charge in [0.1, 0.15) is 0 Å². The van der Waals surface area contributed by atoms with E-state index in [2.05, 4.69) is 23.5 Å². The van der Waals surface area contributed by atoms with E-state index in [1.54, 1.807) is 0 Å². The van der Waals surface area contributed by atoms with Crippen molar-refractivity contribution in [3.63, 3.8) is 0 Å². The lowest BCUT2D eigenvalue weighted by Crippen LogP contribution is -2.37. The second-order valence-electron chi connectivity index (χ2n) is 7.35. The van der Waals surface area contributed by atoms with Crippen LogP contribution in [0.4, 0.5) is 4.79 Å². The lowest BCUT2D eigenvalue weighted by Gasteiger charge is -2.37. The highest BCUT2D eigenvalue weighted by atomic mass is 32.2. The van der Waals surface area contributed by atoms with Crippen LogP contribution in [0.5, 0.6) is 0 Å². The number of rotatable bonds is 7. The molecule has 1 unspecified atom stereocenters. The molecule has 3 rings (SSSR count). The molecule has 0 aromatic heterocycles. The molecular weight excluding hydrogens is 356 g/mol. The highest BCUT2D eigenvalue weighted by Crippen LogP contribution is 2.36. The van der Waals surface area contributed by atoms with Crippen LogP contribution in [0.1, 0.15) is 50.5 Å². The first-order valence-electron chi connectivity index (χ1n) is 10.2. The second kappa shape index (κ2) is 10.5. The molecule has 4 nitrogen and oxygen atoms in total. The number of nitrogens with one attached hydrogen (secondary N) is 1. The number of piperidine rings is 1. The summed E-state index contributed by atoms with van der Waals surface area (Å²) < 4.78 is 0. The fourth-order valence-corrected chi connectivity index (χ4v) is 4.75. The van der Waals surface area contributed by atoms with E-state index in [4.69, 9.17) is 0 Å². The van der Waals surface area contributed by atoms with Crippen LogP contribution in [0.25, 0.3) is 0 Å². The van der Waals surface area contributed by atoms with Gasteiger partial charge < -0.3 is 10.2 Å². The normalized spacial score (nSPS) is 19.2. The van der Waals surface area contributed by atoms with Crippen LogP contribution in [0.15, 0.2) is 42.1 Å². The van der Waals surface area contributed by atoms with Crippen molar-refractivity contribution < 1.29 is 9.59 Å². The summed E-state index contributed by atoms with van der Waals surface area (Å²) in [5.74, 6) is 1.17. The van der Waals surface area contributed by atoms with Gasteiger partial charge in [-0.15, -0.1) is 0 Å². The van der Waals surface area contributed by atoms with Crippen molar-refractivity contribution in [2.75, 3.05) is 18.8 Å². The highest BCUT2D eigenvalue weighted by Gasteiger charge is 2.30. The van der Waals surface area contributed by atoms with Gasteiger partial charge in [-0.25, -0.2) is 0 Å². The highest BCUT2D eigenvalue weighted by molar-refractivity contribution is 8.13. The number of nitrogens with zero attached hydrogens (tertiary/aromatic N) is 1. The predicted molar refractivity (Wildman–Crippen MR) is 112 cm³/mol. The van der Waals surface area contributed by atoms with Gasteiger partial charge in [-0.05, 0) is 56.4 Å². The number of likely N-dealkylation sites (tertiary alicyclic amines) is 1. The van der Waals surface area contributed by atoms with Gasteiger partial charge in [0.05, 0.1) is 0 Å². The van der Waals surface area contributed by atoms with Gasteiger partial charge in [-0.1, -0.05) is 48.2 Å². The molecule has 5 heteroatoms. The molecule has 0 radical (unpaired) electrons. The molecule has 0 saturated carbocycles. The van der Waals surface area contributed by atoms with Crippen LogP contribution in [0.3, 0.4) is 0 Å². The van der Waals surface area contributed by atoms with Crippen LogP contribution < -0.4 is 5.32 Å². The third-order valence-corrected chi connectivity index (χ3v) is 6.23. The Hall–Kier alpha value is -1.75. The van der Waals surface area contributed by atoms with E-state index >= 15 is 0 Å². The van der Waals surface area contributed by atoms with Crippen molar-refractivity contribution in [2.24, 2.45) is 5.92 Å². The molecule has 0 bridgehead atoms. The van der Waals surface area contributed by atoms with Gasteiger partial charge in [-0.2, -0.15) is 0 Å². The van der Waals surface area contributed by atoms with Gasteiger partial charge in [0.2, 0.25) is 5.91 Å². The summed E-state index contributed by atoms with van der Waals surface area (Å²) >= 11 is 1.29. The third kappa shape index (κ3) is 6.13. The standard InChI is InChI=1S/C22H30N2O2S/c25-21(23-15-6-10-18-8-2-1-3-9-18)14-17-27-22(26)24-16-7-12-19-11-4-5-13-20(19)24/h1-3,8-9,13,19H,4-7,10-12,14-17H2,(H,23,25). The maximum absolute atomic E-state index is 12.6. The number of thioether (sulfide) groups is 1. The smallest absolute Gasteiger partial charge is 0.285 e. The molecule has 1 N–H and O–H groups in total. The molecule has 1 fully saturated rings. The van der Waals surface area contributed by atoms with E-state index in [-0.39, 0.29) is 11.1 Å². The summed E-state index contributed by atoms with van der Waals surface area (Å²) in [6.07, 6.45) is 10.4. The van der Waals surface area contributed by atoms with Crippen molar-refractivity contribution in [2.45, 2.75) is 51.4 Å². The largest absolute Gasteiger partial charge is 0.356 e. The molecule has 1 aliphatic heterocycles. The Kier molecular flexibility index (Phi) is 7.81. The number of hydrogen-bond donors (Lipinski definition) is 1. The summed E-state index contributed by atoms with van der Waals surface area (Å²) in [6.45, 7) is 1.52. The Balaban J connectivity index is 1.31. The monoisotopic (exact) mass is 386 g/mol. The molecule has 1 aromatic carbocycles. The zero-order valence-corrected chi connectivity index (χ0v) is 16.8. The van der Waals surface area contributed by atoms with E-state index in [9.17, 15) is 9.59 Å². The quantitative estimate of drug-likeness (QED) is 0.688.